The van der Waals surface area contributed by atoms with Gasteiger partial charge in [-0.15, -0.1) is 0 Å². The maximum Gasteiger partial charge on any atom is 0.396 e. The minimum absolute atomic E-state index is 0.0147. The first-order chi connectivity index (χ1) is 8.08. The smallest absolute Gasteiger partial charge is 0.286 e. The van der Waals surface area contributed by atoms with Gasteiger partial charge in [0.2, 0.25) is 5.12 Å². The highest BCUT2D eigenvalue weighted by atomic mass is 32.2. The average molecular weight is 276 g/mol. The molecular weight excluding hydrogens is 261 g/mol. The Hall–Kier alpha value is -0.970. The van der Waals surface area contributed by atoms with E-state index >= 15 is 0 Å². The molecule has 5 heteroatoms. The first-order valence-corrected chi connectivity index (χ1v) is 6.27. The summed E-state index contributed by atoms with van der Waals surface area (Å²) in [6.07, 6.45) is -5.83. The molecule has 0 radical (unpaired) electrons. The third-order valence-corrected chi connectivity index (χ3v) is 3.18. The predicted molar refractivity (Wildman–Crippen MR) is 66.7 cm³/mol. The van der Waals surface area contributed by atoms with Crippen molar-refractivity contribution in [3.8, 4) is 0 Å². The monoisotopic (exact) mass is 276 g/mol. The summed E-state index contributed by atoms with van der Waals surface area (Å²) < 4.78 is 36.0. The van der Waals surface area contributed by atoms with E-state index in [1.165, 1.54) is 0 Å². The molecule has 0 N–H and O–H groups in total. The highest BCUT2D eigenvalue weighted by Crippen LogP contribution is 2.29. The fourth-order valence-electron chi connectivity index (χ4n) is 1.35. The second-order valence-electron chi connectivity index (χ2n) is 5.04. The highest BCUT2D eigenvalue weighted by molar-refractivity contribution is 8.13. The number of hydrogen-bond acceptors (Lipinski definition) is 2. The van der Waals surface area contributed by atoms with Gasteiger partial charge in [-0.2, -0.15) is 13.2 Å². The SMILES string of the molecule is CC(C)(C)c1ccc(SC(=O)CC(F)(F)F)cc1. The van der Waals surface area contributed by atoms with Gasteiger partial charge in [-0.3, -0.25) is 4.79 Å². The molecule has 0 fully saturated rings. The van der Waals surface area contributed by atoms with Gasteiger partial charge in [-0.25, -0.2) is 0 Å². The molecule has 0 amide bonds. The largest absolute Gasteiger partial charge is 0.396 e. The van der Waals surface area contributed by atoms with Crippen LogP contribution in [0.2, 0.25) is 0 Å². The molecule has 0 aliphatic rings. The summed E-state index contributed by atoms with van der Waals surface area (Å²) >= 11 is 0.631. The lowest BCUT2D eigenvalue weighted by molar-refractivity contribution is -0.146. The molecule has 0 aliphatic carbocycles. The van der Waals surface area contributed by atoms with Crippen LogP contribution in [0.25, 0.3) is 0 Å². The molecule has 1 aromatic carbocycles. The number of benzene rings is 1. The fourth-order valence-corrected chi connectivity index (χ4v) is 2.13. The predicted octanol–water partition coefficient (Wildman–Crippen LogP) is 4.56. The normalized spacial score (nSPS) is 12.6. The van der Waals surface area contributed by atoms with E-state index in [2.05, 4.69) is 0 Å². The first-order valence-electron chi connectivity index (χ1n) is 5.46. The molecule has 1 rings (SSSR count). The zero-order valence-electron chi connectivity index (χ0n) is 10.5. The van der Waals surface area contributed by atoms with Crippen LogP contribution in [0.3, 0.4) is 0 Å². The van der Waals surface area contributed by atoms with E-state index in [9.17, 15) is 18.0 Å². The molecule has 0 aliphatic heterocycles. The summed E-state index contributed by atoms with van der Waals surface area (Å²) in [5.74, 6) is 0. The van der Waals surface area contributed by atoms with Gasteiger partial charge in [0.25, 0.3) is 0 Å². The van der Waals surface area contributed by atoms with Gasteiger partial charge in [-0.05, 0) is 23.1 Å². The van der Waals surface area contributed by atoms with Crippen molar-refractivity contribution in [2.24, 2.45) is 0 Å². The number of hydrogen-bond donors (Lipinski definition) is 0. The van der Waals surface area contributed by atoms with Crippen LogP contribution in [0.4, 0.5) is 13.2 Å². The number of rotatable bonds is 2. The van der Waals surface area contributed by atoms with Crippen molar-refractivity contribution in [2.75, 3.05) is 0 Å². The standard InChI is InChI=1S/C13H15F3OS/c1-12(2,3)9-4-6-10(7-5-9)18-11(17)8-13(14,15)16/h4-7H,8H2,1-3H3. The Morgan fingerprint density at radius 3 is 2.00 bits per heavy atom. The minimum Gasteiger partial charge on any atom is -0.286 e. The minimum atomic E-state index is -4.44. The van der Waals surface area contributed by atoms with Crippen molar-refractivity contribution >= 4 is 16.9 Å². The molecule has 0 saturated heterocycles. The van der Waals surface area contributed by atoms with E-state index in [1.54, 1.807) is 12.1 Å². The lowest BCUT2D eigenvalue weighted by Gasteiger charge is -2.18. The summed E-state index contributed by atoms with van der Waals surface area (Å²) in [4.78, 5) is 11.7. The molecule has 0 unspecified atom stereocenters. The average Bonchev–Trinajstić information content (AvgIpc) is 2.13. The summed E-state index contributed by atoms with van der Waals surface area (Å²) in [6, 6.07) is 7.03. The van der Waals surface area contributed by atoms with Crippen molar-refractivity contribution in [1.29, 1.82) is 0 Å². The Morgan fingerprint density at radius 2 is 1.61 bits per heavy atom. The number of carbonyl (C=O) groups is 1. The molecule has 1 aromatic rings. The van der Waals surface area contributed by atoms with Gasteiger partial charge < -0.3 is 0 Å². The van der Waals surface area contributed by atoms with E-state index in [0.29, 0.717) is 16.7 Å². The molecular formula is C13H15F3OS. The number of halogens is 3. The topological polar surface area (TPSA) is 17.1 Å². The van der Waals surface area contributed by atoms with Crippen molar-refractivity contribution in [1.82, 2.24) is 0 Å². The van der Waals surface area contributed by atoms with Gasteiger partial charge >= 0.3 is 6.18 Å². The van der Waals surface area contributed by atoms with Crippen molar-refractivity contribution in [2.45, 2.75) is 43.7 Å². The molecule has 1 nitrogen and oxygen atoms in total. The lowest BCUT2D eigenvalue weighted by atomic mass is 9.87. The number of thioether (sulfide) groups is 1. The first kappa shape index (κ1) is 15.1. The van der Waals surface area contributed by atoms with Crippen molar-refractivity contribution in [3.05, 3.63) is 29.8 Å². The van der Waals surface area contributed by atoms with Crippen molar-refractivity contribution in [3.63, 3.8) is 0 Å². The summed E-state index contributed by atoms with van der Waals surface area (Å²) in [5.41, 5.74) is 1.06. The van der Waals surface area contributed by atoms with Crippen LogP contribution in [-0.4, -0.2) is 11.3 Å². The Kier molecular flexibility index (Phi) is 4.48. The molecule has 0 saturated carbocycles. The summed E-state index contributed by atoms with van der Waals surface area (Å²) in [6.45, 7) is 6.14. The van der Waals surface area contributed by atoms with E-state index in [-0.39, 0.29) is 5.41 Å². The zero-order valence-corrected chi connectivity index (χ0v) is 11.3. The van der Waals surface area contributed by atoms with Gasteiger partial charge in [0.1, 0.15) is 6.42 Å². The lowest BCUT2D eigenvalue weighted by Crippen LogP contribution is -2.12. The maximum atomic E-state index is 12.0. The van der Waals surface area contributed by atoms with Crippen LogP contribution in [0.15, 0.2) is 29.2 Å². The molecule has 0 spiro atoms. The van der Waals surface area contributed by atoms with Crippen LogP contribution < -0.4 is 0 Å². The Balaban J connectivity index is 2.67. The summed E-state index contributed by atoms with van der Waals surface area (Å²) in [5, 5.41) is -0.883. The third kappa shape index (κ3) is 5.12. The van der Waals surface area contributed by atoms with E-state index in [0.717, 1.165) is 5.56 Å². The van der Waals surface area contributed by atoms with Gasteiger partial charge in [-0.1, -0.05) is 44.7 Å². The van der Waals surface area contributed by atoms with Gasteiger partial charge in [0.15, 0.2) is 0 Å². The maximum absolute atomic E-state index is 12.0. The third-order valence-electron chi connectivity index (χ3n) is 2.30. The van der Waals surface area contributed by atoms with Gasteiger partial charge in [0.05, 0.1) is 0 Å². The molecule has 0 atom stereocenters. The molecule has 0 heterocycles. The Labute approximate surface area is 109 Å². The van der Waals surface area contributed by atoms with Crippen LogP contribution in [0.1, 0.15) is 32.8 Å². The molecule has 18 heavy (non-hydrogen) atoms. The van der Waals surface area contributed by atoms with Crippen LogP contribution >= 0.6 is 11.8 Å². The van der Waals surface area contributed by atoms with E-state index < -0.39 is 17.7 Å². The molecule has 100 valence electrons. The van der Waals surface area contributed by atoms with E-state index in [1.807, 2.05) is 32.9 Å². The fraction of sp³-hybridized carbons (Fsp3) is 0.462. The van der Waals surface area contributed by atoms with Crippen molar-refractivity contribution < 1.29 is 18.0 Å². The van der Waals surface area contributed by atoms with Crippen LogP contribution in [0, 0.1) is 0 Å². The zero-order chi connectivity index (χ0) is 14.0. The molecule has 0 bridgehead atoms. The summed E-state index contributed by atoms with van der Waals surface area (Å²) in [7, 11) is 0. The van der Waals surface area contributed by atoms with Crippen LogP contribution in [-0.2, 0) is 10.2 Å². The second-order valence-corrected chi connectivity index (χ2v) is 6.17. The number of carbonyl (C=O) groups excluding carboxylic acids is 1. The highest BCUT2D eigenvalue weighted by Gasteiger charge is 2.31. The van der Waals surface area contributed by atoms with E-state index in [4.69, 9.17) is 0 Å². The second kappa shape index (κ2) is 5.34. The Bertz CT molecular complexity index is 415. The quantitative estimate of drug-likeness (QED) is 0.737. The number of alkyl halides is 3. The van der Waals surface area contributed by atoms with Gasteiger partial charge in [0, 0.05) is 4.90 Å². The Morgan fingerprint density at radius 1 is 1.11 bits per heavy atom. The molecule has 0 aromatic heterocycles. The van der Waals surface area contributed by atoms with Crippen LogP contribution in [0.5, 0.6) is 0 Å².